The molecular formula is C21H20FN3O. The fourth-order valence-corrected chi connectivity index (χ4v) is 2.53. The van der Waals surface area contributed by atoms with Gasteiger partial charge in [0.15, 0.2) is 0 Å². The second-order valence-corrected chi connectivity index (χ2v) is 5.93. The number of halogens is 1. The zero-order valence-corrected chi connectivity index (χ0v) is 14.3. The lowest BCUT2D eigenvalue weighted by Gasteiger charge is -2.09. The summed E-state index contributed by atoms with van der Waals surface area (Å²) in [4.78, 5) is 16.4. The van der Waals surface area contributed by atoms with Gasteiger partial charge < -0.3 is 10.6 Å². The lowest BCUT2D eigenvalue weighted by molar-refractivity contribution is 0.0954. The van der Waals surface area contributed by atoms with Crippen LogP contribution in [0.25, 0.3) is 0 Å². The molecule has 0 radical (unpaired) electrons. The molecule has 132 valence electrons. The van der Waals surface area contributed by atoms with Crippen molar-refractivity contribution in [2.45, 2.75) is 13.0 Å². The molecule has 0 spiro atoms. The van der Waals surface area contributed by atoms with Gasteiger partial charge in [-0.1, -0.05) is 42.5 Å². The van der Waals surface area contributed by atoms with Gasteiger partial charge in [-0.15, -0.1) is 0 Å². The number of pyridine rings is 1. The largest absolute Gasteiger partial charge is 0.380 e. The SMILES string of the molecule is O=C(NCCc1ccc(F)cc1)c1cncc(NCc2ccccc2)c1. The number of anilines is 1. The fraction of sp³-hybridized carbons (Fsp3) is 0.143. The van der Waals surface area contributed by atoms with Gasteiger partial charge >= 0.3 is 0 Å². The molecule has 0 aliphatic heterocycles. The third kappa shape index (κ3) is 5.14. The zero-order valence-electron chi connectivity index (χ0n) is 14.3. The van der Waals surface area contributed by atoms with Crippen LogP contribution in [0.2, 0.25) is 0 Å². The first-order valence-electron chi connectivity index (χ1n) is 8.46. The van der Waals surface area contributed by atoms with Gasteiger partial charge in [0, 0.05) is 25.5 Å². The van der Waals surface area contributed by atoms with Gasteiger partial charge in [-0.2, -0.15) is 0 Å². The molecular weight excluding hydrogens is 329 g/mol. The minimum Gasteiger partial charge on any atom is -0.380 e. The van der Waals surface area contributed by atoms with Crippen LogP contribution in [0.15, 0.2) is 73.1 Å². The molecule has 0 aliphatic rings. The lowest BCUT2D eigenvalue weighted by Crippen LogP contribution is -2.25. The Morgan fingerprint density at radius 1 is 0.962 bits per heavy atom. The highest BCUT2D eigenvalue weighted by molar-refractivity contribution is 5.94. The quantitative estimate of drug-likeness (QED) is 0.682. The number of rotatable bonds is 7. The van der Waals surface area contributed by atoms with Gasteiger partial charge in [0.05, 0.1) is 11.3 Å². The average Bonchev–Trinajstić information content (AvgIpc) is 2.69. The van der Waals surface area contributed by atoms with Crippen LogP contribution in [0.1, 0.15) is 21.5 Å². The molecule has 5 heteroatoms. The number of hydrogen-bond donors (Lipinski definition) is 2. The summed E-state index contributed by atoms with van der Waals surface area (Å²) in [5.41, 5.74) is 3.42. The number of hydrogen-bond acceptors (Lipinski definition) is 3. The van der Waals surface area contributed by atoms with E-state index >= 15 is 0 Å². The van der Waals surface area contributed by atoms with E-state index in [0.29, 0.717) is 25.1 Å². The first-order chi connectivity index (χ1) is 12.7. The Morgan fingerprint density at radius 2 is 1.73 bits per heavy atom. The van der Waals surface area contributed by atoms with Crippen molar-refractivity contribution in [1.29, 1.82) is 0 Å². The maximum atomic E-state index is 12.9. The van der Waals surface area contributed by atoms with Gasteiger partial charge in [-0.25, -0.2) is 4.39 Å². The smallest absolute Gasteiger partial charge is 0.252 e. The molecule has 1 aromatic heterocycles. The Hall–Kier alpha value is -3.21. The summed E-state index contributed by atoms with van der Waals surface area (Å²) < 4.78 is 12.9. The van der Waals surface area contributed by atoms with E-state index in [1.54, 1.807) is 30.6 Å². The summed E-state index contributed by atoms with van der Waals surface area (Å²) in [6.07, 6.45) is 3.88. The molecule has 0 fully saturated rings. The van der Waals surface area contributed by atoms with Crippen molar-refractivity contribution < 1.29 is 9.18 Å². The van der Waals surface area contributed by atoms with Crippen LogP contribution in [-0.4, -0.2) is 17.4 Å². The van der Waals surface area contributed by atoms with Gasteiger partial charge in [0.25, 0.3) is 5.91 Å². The first-order valence-corrected chi connectivity index (χ1v) is 8.46. The van der Waals surface area contributed by atoms with E-state index in [-0.39, 0.29) is 11.7 Å². The number of carbonyl (C=O) groups is 1. The van der Waals surface area contributed by atoms with Crippen molar-refractivity contribution in [2.24, 2.45) is 0 Å². The van der Waals surface area contributed by atoms with Crippen molar-refractivity contribution in [3.05, 3.63) is 95.6 Å². The number of benzene rings is 2. The molecule has 4 nitrogen and oxygen atoms in total. The van der Waals surface area contributed by atoms with Crippen LogP contribution in [0.4, 0.5) is 10.1 Å². The number of nitrogens with one attached hydrogen (secondary N) is 2. The second-order valence-electron chi connectivity index (χ2n) is 5.93. The predicted molar refractivity (Wildman–Crippen MR) is 100 cm³/mol. The molecule has 0 aliphatic carbocycles. The summed E-state index contributed by atoms with van der Waals surface area (Å²) in [6, 6.07) is 18.1. The highest BCUT2D eigenvalue weighted by atomic mass is 19.1. The highest BCUT2D eigenvalue weighted by Gasteiger charge is 2.07. The normalized spacial score (nSPS) is 10.3. The molecule has 0 saturated heterocycles. The number of aromatic nitrogens is 1. The van der Waals surface area contributed by atoms with Crippen molar-refractivity contribution in [1.82, 2.24) is 10.3 Å². The van der Waals surface area contributed by atoms with E-state index in [4.69, 9.17) is 0 Å². The summed E-state index contributed by atoms with van der Waals surface area (Å²) >= 11 is 0. The second kappa shape index (κ2) is 8.76. The average molecular weight is 349 g/mol. The van der Waals surface area contributed by atoms with Crippen LogP contribution < -0.4 is 10.6 Å². The number of amides is 1. The molecule has 2 N–H and O–H groups in total. The maximum Gasteiger partial charge on any atom is 0.252 e. The Bertz CT molecular complexity index is 851. The van der Waals surface area contributed by atoms with Crippen molar-refractivity contribution in [3.63, 3.8) is 0 Å². The minimum atomic E-state index is -0.260. The Balaban J connectivity index is 1.51. The van der Waals surface area contributed by atoms with Gasteiger partial charge in [-0.3, -0.25) is 9.78 Å². The zero-order chi connectivity index (χ0) is 18.2. The molecule has 0 saturated carbocycles. The highest BCUT2D eigenvalue weighted by Crippen LogP contribution is 2.11. The van der Waals surface area contributed by atoms with Crippen LogP contribution >= 0.6 is 0 Å². The van der Waals surface area contributed by atoms with Crippen molar-refractivity contribution in [2.75, 3.05) is 11.9 Å². The monoisotopic (exact) mass is 349 g/mol. The molecule has 26 heavy (non-hydrogen) atoms. The van der Waals surface area contributed by atoms with Crippen molar-refractivity contribution in [3.8, 4) is 0 Å². The van der Waals surface area contributed by atoms with E-state index in [9.17, 15) is 9.18 Å². The van der Waals surface area contributed by atoms with Crippen LogP contribution in [0, 0.1) is 5.82 Å². The van der Waals surface area contributed by atoms with Crippen LogP contribution in [-0.2, 0) is 13.0 Å². The fourth-order valence-electron chi connectivity index (χ4n) is 2.53. The summed E-state index contributed by atoms with van der Waals surface area (Å²) in [5, 5.41) is 6.13. The molecule has 0 unspecified atom stereocenters. The first kappa shape index (κ1) is 17.6. The predicted octanol–water partition coefficient (Wildman–Crippen LogP) is 3.81. The molecule has 0 atom stereocenters. The molecule has 2 aromatic carbocycles. The van der Waals surface area contributed by atoms with E-state index in [1.807, 2.05) is 30.3 Å². The third-order valence-electron chi connectivity index (χ3n) is 3.95. The molecule has 0 bridgehead atoms. The van der Waals surface area contributed by atoms with E-state index < -0.39 is 0 Å². The summed E-state index contributed by atoms with van der Waals surface area (Å²) in [6.45, 7) is 1.14. The molecule has 1 heterocycles. The Labute approximate surface area is 152 Å². The maximum absolute atomic E-state index is 12.9. The molecule has 3 aromatic rings. The lowest BCUT2D eigenvalue weighted by atomic mass is 10.1. The summed E-state index contributed by atoms with van der Waals surface area (Å²) in [7, 11) is 0. The van der Waals surface area contributed by atoms with Gasteiger partial charge in [-0.05, 0) is 35.7 Å². The van der Waals surface area contributed by atoms with E-state index in [1.165, 1.54) is 12.1 Å². The summed E-state index contributed by atoms with van der Waals surface area (Å²) in [5.74, 6) is -0.438. The minimum absolute atomic E-state index is 0.178. The Morgan fingerprint density at radius 3 is 2.50 bits per heavy atom. The van der Waals surface area contributed by atoms with Crippen LogP contribution in [0.5, 0.6) is 0 Å². The Kier molecular flexibility index (Phi) is 5.93. The molecule has 3 rings (SSSR count). The van der Waals surface area contributed by atoms with Gasteiger partial charge in [0.1, 0.15) is 5.82 Å². The topological polar surface area (TPSA) is 54.0 Å². The number of carbonyl (C=O) groups excluding carboxylic acids is 1. The standard InChI is InChI=1S/C21H20FN3O/c22-19-8-6-16(7-9-19)10-11-24-21(26)18-12-20(15-23-14-18)25-13-17-4-2-1-3-5-17/h1-9,12,14-15,25H,10-11,13H2,(H,24,26). The third-order valence-corrected chi connectivity index (χ3v) is 3.95. The van der Waals surface area contributed by atoms with Crippen LogP contribution in [0.3, 0.4) is 0 Å². The van der Waals surface area contributed by atoms with E-state index in [0.717, 1.165) is 16.8 Å². The number of nitrogens with zero attached hydrogens (tertiary/aromatic N) is 1. The van der Waals surface area contributed by atoms with Gasteiger partial charge in [0.2, 0.25) is 0 Å². The molecule has 1 amide bonds. The van der Waals surface area contributed by atoms with Crippen molar-refractivity contribution >= 4 is 11.6 Å². The van der Waals surface area contributed by atoms with E-state index in [2.05, 4.69) is 15.6 Å².